The van der Waals surface area contributed by atoms with Crippen LogP contribution in [0.5, 0.6) is 0 Å². The minimum atomic E-state index is -5.67. The van der Waals surface area contributed by atoms with Gasteiger partial charge in [0, 0.05) is 0 Å². The molecule has 0 aliphatic carbocycles. The number of hydrogen-bond donors (Lipinski definition) is 5. The third-order valence-electron chi connectivity index (χ3n) is 3.96. The van der Waals surface area contributed by atoms with E-state index in [0.29, 0.717) is 11.2 Å². The Hall–Kier alpha value is -0.470. The van der Waals surface area contributed by atoms with Crippen LogP contribution >= 0.6 is 67.6 Å². The summed E-state index contributed by atoms with van der Waals surface area (Å²) in [5.41, 5.74) is 6.49. The molecule has 0 amide bonds. The molecule has 3 heterocycles. The van der Waals surface area contributed by atoms with Crippen molar-refractivity contribution in [3.8, 4) is 0 Å². The number of anilines is 1. The highest BCUT2D eigenvalue weighted by Gasteiger charge is 2.41. The first-order valence-corrected chi connectivity index (χ1v) is 17.6. The fourth-order valence-corrected chi connectivity index (χ4v) is 8.50. The van der Waals surface area contributed by atoms with Gasteiger partial charge in [-0.2, -0.15) is 8.62 Å². The lowest BCUT2D eigenvalue weighted by atomic mass is 10.3. The van der Waals surface area contributed by atoms with Crippen molar-refractivity contribution >= 4 is 84.6 Å². The van der Waals surface area contributed by atoms with Crippen molar-refractivity contribution < 1.29 is 55.9 Å². The van der Waals surface area contributed by atoms with Crippen molar-refractivity contribution in [3.63, 3.8) is 0 Å². The number of ether oxygens (including phenoxy) is 2. The first-order chi connectivity index (χ1) is 16.9. The number of aromatic nitrogens is 4. The van der Waals surface area contributed by atoms with Gasteiger partial charge in [0.15, 0.2) is 23.5 Å². The lowest BCUT2D eigenvalue weighted by molar-refractivity contribution is 0.0631. The molecule has 23 heteroatoms. The predicted molar refractivity (Wildman–Crippen MR) is 141 cm³/mol. The van der Waals surface area contributed by atoms with Gasteiger partial charge in [0.2, 0.25) is 0 Å². The van der Waals surface area contributed by atoms with Gasteiger partial charge >= 0.3 is 23.5 Å². The number of imidazole rings is 1. The van der Waals surface area contributed by atoms with Crippen molar-refractivity contribution in [1.29, 1.82) is 0 Å². The summed E-state index contributed by atoms with van der Waals surface area (Å²) in [5.74, 6) is 0.483. The summed E-state index contributed by atoms with van der Waals surface area (Å²) in [6.45, 7) is 3.23. The van der Waals surface area contributed by atoms with Crippen LogP contribution in [0.4, 0.5) is 5.82 Å². The first kappa shape index (κ1) is 31.1. The summed E-state index contributed by atoms with van der Waals surface area (Å²) >= 11 is 2.25. The van der Waals surface area contributed by atoms with Gasteiger partial charge in [0.25, 0.3) is 0 Å². The van der Waals surface area contributed by atoms with Crippen LogP contribution in [0.2, 0.25) is 0 Å². The molecule has 6 N–H and O–H groups in total. The lowest BCUT2D eigenvalue weighted by Gasteiger charge is -2.17. The quantitative estimate of drug-likeness (QED) is 0.0494. The van der Waals surface area contributed by atoms with Crippen molar-refractivity contribution in [2.75, 3.05) is 18.3 Å². The van der Waals surface area contributed by atoms with E-state index in [1.807, 2.05) is 13.8 Å². The molecule has 0 spiro atoms. The molecular formula is C14H21IN5O12P3S2. The number of halogens is 1. The number of alkyl halides is 1. The number of phosphoric acid groups is 3. The van der Waals surface area contributed by atoms with Crippen LogP contribution in [0.15, 0.2) is 24.2 Å². The molecule has 37 heavy (non-hydrogen) atoms. The Labute approximate surface area is 230 Å². The van der Waals surface area contributed by atoms with Gasteiger partial charge in [-0.25, -0.2) is 28.6 Å². The summed E-state index contributed by atoms with van der Waals surface area (Å²) in [5, 5.41) is 0. The summed E-state index contributed by atoms with van der Waals surface area (Å²) in [4.78, 5) is 48.6. The molecule has 1 aliphatic heterocycles. The summed E-state index contributed by atoms with van der Waals surface area (Å²) in [6, 6.07) is 0. The molecule has 0 aromatic carbocycles. The molecule has 0 saturated carbocycles. The molecule has 3 atom stereocenters. The molecule has 17 nitrogen and oxygen atoms in total. The average Bonchev–Trinajstić information content (AvgIpc) is 3.31. The SMILES string of the molecule is CC(C)(I)SSCOC1=C(COP(=O)(O)OP(=O)(O)OP(=O)(O)O)O[C@@H](n2cnc3c(N)ncnc32)C1. The maximum atomic E-state index is 12.1. The van der Waals surface area contributed by atoms with Gasteiger partial charge in [-0.15, -0.1) is 0 Å². The molecular weight excluding hydrogens is 714 g/mol. The summed E-state index contributed by atoms with van der Waals surface area (Å²) in [7, 11) is -13.6. The summed E-state index contributed by atoms with van der Waals surface area (Å²) in [6.07, 6.45) is 1.98. The Balaban J connectivity index is 1.75. The van der Waals surface area contributed by atoms with Gasteiger partial charge in [0.1, 0.15) is 36.5 Å². The van der Waals surface area contributed by atoms with Crippen LogP contribution in [0.3, 0.4) is 0 Å². The highest BCUT2D eigenvalue weighted by Crippen LogP contribution is 2.66. The number of nitrogens with zero attached hydrogens (tertiary/aromatic N) is 4. The number of phosphoric ester groups is 1. The van der Waals surface area contributed by atoms with Crippen LogP contribution in [0, 0.1) is 0 Å². The zero-order valence-corrected chi connectivity index (χ0v) is 25.3. The molecule has 2 unspecified atom stereocenters. The van der Waals surface area contributed by atoms with Gasteiger partial charge in [-0.05, 0) is 13.8 Å². The van der Waals surface area contributed by atoms with E-state index in [2.05, 4.69) is 46.2 Å². The van der Waals surface area contributed by atoms with Crippen LogP contribution in [0.1, 0.15) is 26.5 Å². The Bertz CT molecular complexity index is 1320. The smallest absolute Gasteiger partial charge is 0.483 e. The Kier molecular flexibility index (Phi) is 10.0. The van der Waals surface area contributed by atoms with Gasteiger partial charge in [-0.3, -0.25) is 9.09 Å². The highest BCUT2D eigenvalue weighted by atomic mass is 127. The van der Waals surface area contributed by atoms with E-state index in [4.69, 9.17) is 29.5 Å². The number of hydrogen-bond acceptors (Lipinski definition) is 14. The zero-order chi connectivity index (χ0) is 27.6. The van der Waals surface area contributed by atoms with E-state index in [1.54, 1.807) is 10.8 Å². The van der Waals surface area contributed by atoms with Gasteiger partial charge < -0.3 is 34.8 Å². The molecule has 0 fully saturated rings. The number of rotatable bonds is 13. The molecule has 0 radical (unpaired) electrons. The number of nitrogen functional groups attached to an aromatic ring is 1. The second-order valence-corrected chi connectivity index (χ2v) is 18.1. The van der Waals surface area contributed by atoms with Crippen molar-refractivity contribution in [3.05, 3.63) is 24.2 Å². The van der Waals surface area contributed by atoms with Gasteiger partial charge in [-0.1, -0.05) is 44.2 Å². The molecule has 0 saturated heterocycles. The van der Waals surface area contributed by atoms with Crippen LogP contribution in [-0.2, 0) is 36.3 Å². The first-order valence-electron chi connectivity index (χ1n) is 9.67. The fraction of sp³-hybridized carbons (Fsp3) is 0.500. The predicted octanol–water partition coefficient (Wildman–Crippen LogP) is 3.41. The van der Waals surface area contributed by atoms with Gasteiger partial charge in [0.05, 0.1) is 9.17 Å². The second kappa shape index (κ2) is 12.0. The maximum Gasteiger partial charge on any atom is 0.490 e. The van der Waals surface area contributed by atoms with Crippen molar-refractivity contribution in [2.45, 2.75) is 29.2 Å². The zero-order valence-electron chi connectivity index (χ0n) is 18.8. The molecule has 2 aromatic rings. The van der Waals surface area contributed by atoms with E-state index in [-0.39, 0.29) is 32.4 Å². The third-order valence-corrected chi connectivity index (χ3v) is 11.9. The second-order valence-electron chi connectivity index (χ2n) is 7.40. The average molecular weight is 735 g/mol. The summed E-state index contributed by atoms with van der Waals surface area (Å²) < 4.78 is 59.7. The highest BCUT2D eigenvalue weighted by molar-refractivity contribution is 14.1. The standard InChI is InChI=1S/C14H21IN5O12P3S2/c1-14(2,15)37-36-7-28-8-3-10(20-6-19-11-12(16)17-5-18-13(11)20)30-9(8)4-29-34(24,25)32-35(26,27)31-33(21,22)23/h5-6,10H,3-4,7H2,1-2H3,(H,24,25)(H,26,27)(H2,16,17,18)(H2,21,22,23)/t10-/m1/s1. The minimum absolute atomic E-state index is 0.0604. The molecule has 3 rings (SSSR count). The van der Waals surface area contributed by atoms with E-state index in [9.17, 15) is 23.5 Å². The Morgan fingerprint density at radius 3 is 2.54 bits per heavy atom. The molecule has 0 bridgehead atoms. The fourth-order valence-electron chi connectivity index (χ4n) is 2.74. The van der Waals surface area contributed by atoms with Crippen molar-refractivity contribution in [1.82, 2.24) is 19.5 Å². The third kappa shape index (κ3) is 9.59. The molecule has 1 aliphatic rings. The van der Waals surface area contributed by atoms with Crippen LogP contribution in [-0.4, -0.2) is 54.4 Å². The van der Waals surface area contributed by atoms with E-state index >= 15 is 0 Å². The Morgan fingerprint density at radius 2 is 1.89 bits per heavy atom. The number of nitrogens with two attached hydrogens (primary N) is 1. The molecule has 208 valence electrons. The lowest BCUT2D eigenvalue weighted by Crippen LogP contribution is -2.09. The normalized spacial score (nSPS) is 20.0. The van der Waals surface area contributed by atoms with Crippen molar-refractivity contribution in [2.24, 2.45) is 0 Å². The minimum Gasteiger partial charge on any atom is -0.483 e. The Morgan fingerprint density at radius 1 is 1.19 bits per heavy atom. The topological polar surface area (TPSA) is 248 Å². The van der Waals surface area contributed by atoms with E-state index in [0.717, 1.165) is 0 Å². The van der Waals surface area contributed by atoms with E-state index < -0.39 is 36.3 Å². The number of fused-ring (bicyclic) bond motifs is 1. The monoisotopic (exact) mass is 735 g/mol. The molecule has 2 aromatic heterocycles. The van der Waals surface area contributed by atoms with Crippen LogP contribution in [0.25, 0.3) is 11.2 Å². The maximum absolute atomic E-state index is 12.1. The van der Waals surface area contributed by atoms with Crippen LogP contribution < -0.4 is 5.73 Å². The van der Waals surface area contributed by atoms with E-state index in [1.165, 1.54) is 28.0 Å². The largest absolute Gasteiger partial charge is 0.490 e.